The summed E-state index contributed by atoms with van der Waals surface area (Å²) in [4.78, 5) is 0. The summed E-state index contributed by atoms with van der Waals surface area (Å²) in [7, 11) is 0. The second-order valence-corrected chi connectivity index (χ2v) is 12.4. The van der Waals surface area contributed by atoms with Gasteiger partial charge in [-0.15, -0.1) is 0 Å². The minimum Gasteiger partial charge on any atom is -0.309 e. The SMILES string of the molecule is c1ccc(-n2c3ccccc3c3c4ccccc4c4c(c5cc6c7c(cccc7c5n4-c4ccccc4)-c4ccccc4-6)c32)cc1. The Kier molecular flexibility index (Phi) is 4.61. The Hall–Kier alpha value is -6.12. The first-order valence-corrected chi connectivity index (χ1v) is 16.0. The number of hydrogen-bond acceptors (Lipinski definition) is 0. The van der Waals surface area contributed by atoms with E-state index in [-0.39, 0.29) is 0 Å². The maximum absolute atomic E-state index is 2.55. The van der Waals surface area contributed by atoms with Gasteiger partial charge in [-0.1, -0.05) is 121 Å². The van der Waals surface area contributed by atoms with E-state index in [9.17, 15) is 0 Å². The van der Waals surface area contributed by atoms with Crippen LogP contribution in [-0.4, -0.2) is 9.13 Å². The van der Waals surface area contributed by atoms with Crippen molar-refractivity contribution in [3.05, 3.63) is 158 Å². The van der Waals surface area contributed by atoms with Crippen LogP contribution in [0, 0.1) is 0 Å². The zero-order valence-electron chi connectivity index (χ0n) is 24.9. The van der Waals surface area contributed by atoms with Crippen LogP contribution in [-0.2, 0) is 0 Å². The minimum absolute atomic E-state index is 1.17. The highest BCUT2D eigenvalue weighted by molar-refractivity contribution is 6.39. The molecule has 0 bridgehead atoms. The number of para-hydroxylation sites is 3. The summed E-state index contributed by atoms with van der Waals surface area (Å²) in [5.74, 6) is 0. The van der Waals surface area contributed by atoms with Gasteiger partial charge in [-0.3, -0.25) is 0 Å². The van der Waals surface area contributed by atoms with E-state index in [0.29, 0.717) is 0 Å². The Morgan fingerprint density at radius 2 is 0.848 bits per heavy atom. The fourth-order valence-electron chi connectivity index (χ4n) is 8.47. The van der Waals surface area contributed by atoms with E-state index >= 15 is 0 Å². The molecule has 11 rings (SSSR count). The van der Waals surface area contributed by atoms with E-state index in [2.05, 4.69) is 167 Å². The molecule has 0 aliphatic heterocycles. The Balaban J connectivity index is 1.52. The molecule has 0 radical (unpaired) electrons. The first-order valence-electron chi connectivity index (χ1n) is 16.0. The van der Waals surface area contributed by atoms with Gasteiger partial charge in [0.25, 0.3) is 0 Å². The molecule has 2 heterocycles. The molecular formula is C44H26N2. The van der Waals surface area contributed by atoms with Gasteiger partial charge in [0.15, 0.2) is 0 Å². The van der Waals surface area contributed by atoms with Crippen LogP contribution in [0.4, 0.5) is 0 Å². The molecule has 0 fully saturated rings. The van der Waals surface area contributed by atoms with Crippen LogP contribution < -0.4 is 0 Å². The molecule has 0 spiro atoms. The predicted octanol–water partition coefficient (Wildman–Crippen LogP) is 11.8. The van der Waals surface area contributed by atoms with Crippen molar-refractivity contribution >= 4 is 65.2 Å². The molecule has 8 aromatic carbocycles. The van der Waals surface area contributed by atoms with E-state index in [1.807, 2.05) is 0 Å². The molecule has 46 heavy (non-hydrogen) atoms. The number of aromatic nitrogens is 2. The first-order chi connectivity index (χ1) is 22.9. The van der Waals surface area contributed by atoms with Crippen molar-refractivity contribution in [3.8, 4) is 33.6 Å². The van der Waals surface area contributed by atoms with Crippen LogP contribution in [0.1, 0.15) is 0 Å². The van der Waals surface area contributed by atoms with E-state index in [4.69, 9.17) is 0 Å². The monoisotopic (exact) mass is 582 g/mol. The van der Waals surface area contributed by atoms with Gasteiger partial charge in [-0.2, -0.15) is 0 Å². The molecule has 0 unspecified atom stereocenters. The van der Waals surface area contributed by atoms with Crippen molar-refractivity contribution in [2.45, 2.75) is 0 Å². The number of benzene rings is 8. The summed E-state index contributed by atoms with van der Waals surface area (Å²) in [6.07, 6.45) is 0. The van der Waals surface area contributed by atoms with Gasteiger partial charge in [-0.25, -0.2) is 0 Å². The maximum Gasteiger partial charge on any atom is 0.0647 e. The van der Waals surface area contributed by atoms with Crippen LogP contribution >= 0.6 is 0 Å². The van der Waals surface area contributed by atoms with E-state index in [0.717, 1.165) is 0 Å². The molecule has 0 saturated heterocycles. The van der Waals surface area contributed by atoms with Crippen LogP contribution in [0.5, 0.6) is 0 Å². The zero-order valence-corrected chi connectivity index (χ0v) is 24.9. The van der Waals surface area contributed by atoms with Crippen LogP contribution in [0.2, 0.25) is 0 Å². The van der Waals surface area contributed by atoms with Gasteiger partial charge in [0.1, 0.15) is 0 Å². The summed E-state index contributed by atoms with van der Waals surface area (Å²) in [6, 6.07) is 58.0. The van der Waals surface area contributed by atoms with Crippen LogP contribution in [0.15, 0.2) is 158 Å². The van der Waals surface area contributed by atoms with Crippen molar-refractivity contribution in [2.75, 3.05) is 0 Å². The number of fused-ring (bicyclic) bond motifs is 14. The van der Waals surface area contributed by atoms with Gasteiger partial charge in [0.2, 0.25) is 0 Å². The summed E-state index contributed by atoms with van der Waals surface area (Å²) in [5.41, 5.74) is 12.6. The molecule has 2 nitrogen and oxygen atoms in total. The average molecular weight is 583 g/mol. The Morgan fingerprint density at radius 1 is 0.283 bits per heavy atom. The van der Waals surface area contributed by atoms with Gasteiger partial charge >= 0.3 is 0 Å². The lowest BCUT2D eigenvalue weighted by Crippen LogP contribution is -1.96. The molecule has 0 amide bonds. The van der Waals surface area contributed by atoms with Crippen LogP contribution in [0.25, 0.3) is 98.8 Å². The second-order valence-electron chi connectivity index (χ2n) is 12.4. The van der Waals surface area contributed by atoms with E-state index in [1.165, 1.54) is 98.8 Å². The molecular weight excluding hydrogens is 556 g/mol. The maximum atomic E-state index is 2.55. The summed E-state index contributed by atoms with van der Waals surface area (Å²) in [6.45, 7) is 0. The fourth-order valence-corrected chi connectivity index (χ4v) is 8.47. The zero-order chi connectivity index (χ0) is 29.9. The van der Waals surface area contributed by atoms with Crippen molar-refractivity contribution in [1.82, 2.24) is 9.13 Å². The topological polar surface area (TPSA) is 9.86 Å². The van der Waals surface area contributed by atoms with Crippen molar-refractivity contribution in [3.63, 3.8) is 0 Å². The Labute approximate surface area is 265 Å². The molecule has 2 aromatic heterocycles. The van der Waals surface area contributed by atoms with Gasteiger partial charge < -0.3 is 9.13 Å². The predicted molar refractivity (Wildman–Crippen MR) is 195 cm³/mol. The van der Waals surface area contributed by atoms with E-state index < -0.39 is 0 Å². The lowest BCUT2D eigenvalue weighted by Gasteiger charge is -2.13. The third-order valence-corrected chi connectivity index (χ3v) is 10.2. The molecule has 1 aliphatic rings. The normalized spacial score (nSPS) is 12.3. The number of nitrogens with zero attached hydrogens (tertiary/aromatic N) is 2. The van der Waals surface area contributed by atoms with Gasteiger partial charge in [-0.05, 0) is 69.4 Å². The molecule has 0 N–H and O–H groups in total. The first kappa shape index (κ1) is 24.2. The molecule has 10 aromatic rings. The molecule has 1 aliphatic carbocycles. The highest BCUT2D eigenvalue weighted by atomic mass is 15.0. The lowest BCUT2D eigenvalue weighted by atomic mass is 9.96. The summed E-state index contributed by atoms with van der Waals surface area (Å²) < 4.78 is 5.05. The lowest BCUT2D eigenvalue weighted by molar-refractivity contribution is 1.18. The molecule has 0 saturated carbocycles. The molecule has 0 atom stereocenters. The highest BCUT2D eigenvalue weighted by Crippen LogP contribution is 2.53. The smallest absolute Gasteiger partial charge is 0.0647 e. The third-order valence-electron chi connectivity index (χ3n) is 10.2. The molecule has 212 valence electrons. The number of rotatable bonds is 2. The van der Waals surface area contributed by atoms with Crippen LogP contribution in [0.3, 0.4) is 0 Å². The third kappa shape index (κ3) is 2.92. The fraction of sp³-hybridized carbons (Fsp3) is 0. The summed E-state index contributed by atoms with van der Waals surface area (Å²) in [5, 5.41) is 10.3. The van der Waals surface area contributed by atoms with Gasteiger partial charge in [0.05, 0.1) is 22.1 Å². The Morgan fingerprint density at radius 3 is 1.61 bits per heavy atom. The minimum atomic E-state index is 1.17. The summed E-state index contributed by atoms with van der Waals surface area (Å²) >= 11 is 0. The highest BCUT2D eigenvalue weighted by Gasteiger charge is 2.29. The van der Waals surface area contributed by atoms with Crippen molar-refractivity contribution in [2.24, 2.45) is 0 Å². The van der Waals surface area contributed by atoms with Crippen molar-refractivity contribution in [1.29, 1.82) is 0 Å². The second kappa shape index (κ2) is 8.74. The largest absolute Gasteiger partial charge is 0.309 e. The van der Waals surface area contributed by atoms with Crippen molar-refractivity contribution < 1.29 is 0 Å². The Bertz CT molecular complexity index is 2890. The average Bonchev–Trinajstić information content (AvgIpc) is 3.77. The number of hydrogen-bond donors (Lipinski definition) is 0. The molecule has 2 heteroatoms. The standard InChI is InChI=1S/C44H26N2/c1-3-14-27(15-4-1)45-38-25-12-11-22-34(38)40-32-20-9-10-21-33(32)43-41(44(40)45)37-26-36-30-19-8-7-18-29(30)31-23-13-24-35(39(31)36)42(37)46(43)28-16-5-2-6-17-28/h1-26H. The quantitative estimate of drug-likeness (QED) is 0.192. The van der Waals surface area contributed by atoms with Gasteiger partial charge in [0, 0.05) is 43.7 Å². The van der Waals surface area contributed by atoms with E-state index in [1.54, 1.807) is 0 Å².